The summed E-state index contributed by atoms with van der Waals surface area (Å²) < 4.78 is 24.4. The number of rotatable bonds is 20. The molecule has 0 aromatic heterocycles. The molecule has 24 rings (SSSR count). The first-order valence-corrected chi connectivity index (χ1v) is 50.5. The Bertz CT molecular complexity index is 6830. The molecular formula is C123H122N4O13. The van der Waals surface area contributed by atoms with E-state index < -0.39 is 16.2 Å². The molecule has 4 aliphatic heterocycles. The van der Waals surface area contributed by atoms with E-state index in [1.807, 2.05) is 48.5 Å². The molecule has 12 aliphatic rings. The third-order valence-electron chi connectivity index (χ3n) is 31.4. The van der Waals surface area contributed by atoms with Crippen LogP contribution in [0.5, 0.6) is 51.7 Å². The quantitative estimate of drug-likeness (QED) is 0.0448. The van der Waals surface area contributed by atoms with E-state index in [0.29, 0.717) is 77.6 Å². The van der Waals surface area contributed by atoms with Gasteiger partial charge in [0.2, 0.25) is 0 Å². The van der Waals surface area contributed by atoms with E-state index in [9.17, 15) is 44.7 Å². The van der Waals surface area contributed by atoms with Crippen LogP contribution in [0.25, 0.3) is 46.6 Å². The lowest BCUT2D eigenvalue weighted by Gasteiger charge is -2.30. The Morgan fingerprint density at radius 2 is 0.614 bits per heavy atom. The first-order valence-electron chi connectivity index (χ1n) is 50.5. The Morgan fingerprint density at radius 3 is 1.09 bits per heavy atom. The first-order chi connectivity index (χ1) is 68.2. The van der Waals surface area contributed by atoms with Crippen LogP contribution in [0.3, 0.4) is 0 Å². The summed E-state index contributed by atoms with van der Waals surface area (Å²) in [6, 6.07) is 77.3. The van der Waals surface area contributed by atoms with Crippen molar-refractivity contribution in [1.82, 2.24) is 19.6 Å². The van der Waals surface area contributed by atoms with E-state index in [4.69, 9.17) is 18.9 Å². The molecule has 140 heavy (non-hydrogen) atoms. The summed E-state index contributed by atoms with van der Waals surface area (Å²) in [4.78, 5) is 66.4. The number of ketones is 4. The normalized spacial score (nSPS) is 21.2. The molecule has 12 aromatic rings. The van der Waals surface area contributed by atoms with Gasteiger partial charge in [0.15, 0.2) is 23.1 Å². The second kappa shape index (κ2) is 39.2. The Hall–Kier alpha value is -13.7. The van der Waals surface area contributed by atoms with Crippen molar-refractivity contribution in [2.45, 2.75) is 145 Å². The highest BCUT2D eigenvalue weighted by molar-refractivity contribution is 6.41. The van der Waals surface area contributed by atoms with E-state index in [0.717, 1.165) is 174 Å². The lowest BCUT2D eigenvalue weighted by atomic mass is 9.71. The van der Waals surface area contributed by atoms with Gasteiger partial charge in [-0.25, -0.2) is 0 Å². The maximum Gasteiger partial charge on any atom is 0.186 e. The van der Waals surface area contributed by atoms with Crippen molar-refractivity contribution in [3.8, 4) is 51.7 Å². The first kappa shape index (κ1) is 92.7. The second-order valence-electron chi connectivity index (χ2n) is 40.4. The smallest absolute Gasteiger partial charge is 0.186 e. The molecule has 0 amide bonds. The molecule has 0 radical (unpaired) electrons. The second-order valence-corrected chi connectivity index (χ2v) is 40.4. The molecule has 17 nitrogen and oxygen atoms in total. The van der Waals surface area contributed by atoms with Gasteiger partial charge in [-0.3, -0.25) is 38.8 Å². The van der Waals surface area contributed by atoms with Gasteiger partial charge in [0.05, 0.1) is 10.8 Å². The monoisotopic (exact) mass is 1860 g/mol. The molecule has 0 bridgehead atoms. The highest BCUT2D eigenvalue weighted by Gasteiger charge is 2.61. The Kier molecular flexibility index (Phi) is 25.9. The van der Waals surface area contributed by atoms with E-state index in [-0.39, 0.29) is 51.5 Å². The summed E-state index contributed by atoms with van der Waals surface area (Å²) in [7, 11) is 0. The van der Waals surface area contributed by atoms with Gasteiger partial charge in [-0.15, -0.1) is 0 Å². The van der Waals surface area contributed by atoms with Crippen LogP contribution in [0, 0.1) is 20.8 Å². The molecule has 5 N–H and O–H groups in total. The Balaban J connectivity index is 0.000000111. The van der Waals surface area contributed by atoms with Gasteiger partial charge in [0.1, 0.15) is 83.6 Å². The van der Waals surface area contributed by atoms with Crippen molar-refractivity contribution < 1.29 is 63.7 Å². The van der Waals surface area contributed by atoms with Crippen LogP contribution in [0.4, 0.5) is 0 Å². The number of phenolic OH excluding ortho intramolecular Hbond substituents is 5. The van der Waals surface area contributed by atoms with Crippen molar-refractivity contribution in [2.75, 3.05) is 105 Å². The lowest BCUT2D eigenvalue weighted by Crippen LogP contribution is -2.38. The number of piperidine rings is 4. The van der Waals surface area contributed by atoms with Crippen molar-refractivity contribution in [3.05, 3.63) is 371 Å². The zero-order valence-corrected chi connectivity index (χ0v) is 80.3. The predicted octanol–water partition coefficient (Wildman–Crippen LogP) is 22.6. The van der Waals surface area contributed by atoms with Gasteiger partial charge in [0, 0.05) is 53.8 Å². The largest absolute Gasteiger partial charge is 0.508 e. The van der Waals surface area contributed by atoms with E-state index in [2.05, 4.69) is 168 Å². The number of fused-ring (bicyclic) bond motifs is 12. The number of Topliss-reactive ketones (excluding diaryl/α,β-unsaturated/α-hetero) is 4. The van der Waals surface area contributed by atoms with Crippen molar-refractivity contribution in [3.63, 3.8) is 0 Å². The molecule has 4 saturated heterocycles. The number of phenols is 5. The lowest BCUT2D eigenvalue weighted by molar-refractivity contribution is 0.0842. The number of nitrogens with zero attached hydrogens (tertiary/aromatic N) is 4. The van der Waals surface area contributed by atoms with Crippen molar-refractivity contribution >= 4 is 69.7 Å². The van der Waals surface area contributed by atoms with Crippen LogP contribution >= 0.6 is 0 Å². The van der Waals surface area contributed by atoms with Gasteiger partial charge < -0.3 is 44.5 Å². The Labute approximate surface area is 820 Å². The number of ether oxygens (including phenoxy) is 4. The zero-order valence-electron chi connectivity index (χ0n) is 80.3. The topological polar surface area (TPSA) is 219 Å². The third kappa shape index (κ3) is 17.8. The minimum absolute atomic E-state index is 0.0437. The Morgan fingerprint density at radius 1 is 0.264 bits per heavy atom. The van der Waals surface area contributed by atoms with E-state index >= 15 is 0 Å². The molecule has 712 valence electrons. The fourth-order valence-electron chi connectivity index (χ4n) is 24.2. The minimum atomic E-state index is -1.56. The molecule has 4 spiro atoms. The standard InChI is InChI=1S/2C31H31NO3.C31H33NO2.C30H27NO5/c1-21-5-7-22(8-6-21)29-19-23-17-25(33)9-12-28(23)31(29)20-24-18-26(10-11-27(24)30(31)34)35-16-15-32-13-3-2-4-14-32;1-21-5-7-22(8-6-21)29-18-24-17-25(33)10-12-28(24)31(29)20-23-9-11-26(19-27(23)30(31)34)35-16-15-32-13-3-2-4-14-32;1-22-5-7-23(8-6-22)30-19-25-17-27(33)10-12-29(25)31(30)20-24-9-11-28(18-26(24)21-31)34-16-15-32-13-3-2-4-14-32;32-21-6-4-5-19(15-21)27-17-20-16-22(33)7-10-26(20)30(27)28(34)24-9-8-23(18-25(24)29(30)35)36-14-13-31-11-2-1-3-12-31/h2*5-12,17-19,33H,2-4,13-16,20H2,1H3;5-12,17-19,33H,2-4,13-16,20-21H2,1H3;4-10,15-18,32-33H,1-3,11-14H2. The van der Waals surface area contributed by atoms with Crippen LogP contribution in [-0.4, -0.2) is 173 Å². The average Bonchev–Trinajstić information content (AvgIpc) is 1.52. The highest BCUT2D eigenvalue weighted by atomic mass is 16.5. The number of aromatic hydroxyl groups is 5. The zero-order chi connectivity index (χ0) is 96.0. The molecule has 12 aromatic carbocycles. The number of carbonyl (C=O) groups excluding carboxylic acids is 4. The summed E-state index contributed by atoms with van der Waals surface area (Å²) in [5.74, 6) is 3.62. The summed E-state index contributed by atoms with van der Waals surface area (Å²) in [6.07, 6.45) is 26.8. The number of hydrogen-bond acceptors (Lipinski definition) is 17. The van der Waals surface area contributed by atoms with Crippen molar-refractivity contribution in [1.29, 1.82) is 0 Å². The molecular weight excluding hydrogens is 1740 g/mol. The van der Waals surface area contributed by atoms with Crippen LogP contribution in [-0.2, 0) is 47.3 Å². The average molecular weight is 1860 g/mol. The van der Waals surface area contributed by atoms with E-state index in [1.165, 1.54) is 141 Å². The van der Waals surface area contributed by atoms with Crippen LogP contribution in [0.2, 0.25) is 0 Å². The number of aryl methyl sites for hydroxylation is 3. The van der Waals surface area contributed by atoms with Crippen LogP contribution in [0.15, 0.2) is 243 Å². The molecule has 8 aliphatic carbocycles. The summed E-state index contributed by atoms with van der Waals surface area (Å²) in [5, 5.41) is 50.7. The fourth-order valence-corrected chi connectivity index (χ4v) is 24.2. The highest BCUT2D eigenvalue weighted by Crippen LogP contribution is 2.61. The number of carbonyl (C=O) groups is 4. The maximum atomic E-state index is 14.2. The number of hydrogen-bond donors (Lipinski definition) is 5. The number of benzene rings is 12. The minimum Gasteiger partial charge on any atom is -0.508 e. The molecule has 4 fully saturated rings. The molecule has 4 unspecified atom stereocenters. The SMILES string of the molecule is Cc1ccc(C2=Cc3cc(O)ccc3C23Cc2cc(OCCN4CCCCC4)ccc2C3=O)cc1.Cc1ccc(C2=Cc3cc(O)ccc3C23Cc2ccc(OCCN4CCCCC4)cc2C3)cc1.Cc1ccc(C2=Cc3cc(O)ccc3C23Cc2ccc(OCCN4CCCCC4)cc2C3=O)cc1.O=C1c2ccc(OCCN3CCCCC3)cc2C(=O)C12C(c1cccc(O)c1)=Cc1cc(O)ccc12. The maximum absolute atomic E-state index is 14.2. The van der Waals surface area contributed by atoms with Gasteiger partial charge in [-0.05, 0) is 407 Å². The molecule has 4 atom stereocenters. The van der Waals surface area contributed by atoms with Crippen molar-refractivity contribution in [2.24, 2.45) is 0 Å². The van der Waals surface area contributed by atoms with Crippen LogP contribution < -0.4 is 18.9 Å². The molecule has 4 heterocycles. The van der Waals surface area contributed by atoms with E-state index in [1.54, 1.807) is 84.9 Å². The third-order valence-corrected chi connectivity index (χ3v) is 31.4. The van der Waals surface area contributed by atoms with Gasteiger partial charge in [-0.1, -0.05) is 164 Å². The summed E-state index contributed by atoms with van der Waals surface area (Å²) in [5.41, 5.74) is 22.7. The van der Waals surface area contributed by atoms with Gasteiger partial charge >= 0.3 is 0 Å². The summed E-state index contributed by atoms with van der Waals surface area (Å²) in [6.45, 7) is 21.7. The van der Waals surface area contributed by atoms with Crippen LogP contribution in [0.1, 0.15) is 224 Å². The predicted molar refractivity (Wildman–Crippen MR) is 553 cm³/mol. The molecule has 17 heteroatoms. The fraction of sp³-hybridized carbons (Fsp3) is 0.317. The van der Waals surface area contributed by atoms with Gasteiger partial charge in [0.25, 0.3) is 0 Å². The number of likely N-dealkylation sites (tertiary alicyclic amines) is 4. The van der Waals surface area contributed by atoms with Gasteiger partial charge in [-0.2, -0.15) is 0 Å². The number of allylic oxidation sites excluding steroid dienone is 4. The molecule has 0 saturated carbocycles. The summed E-state index contributed by atoms with van der Waals surface area (Å²) >= 11 is 0.